The molecule has 0 spiro atoms. The Hall–Kier alpha value is -4.80. The number of aryl methyl sites for hydroxylation is 4. The molecular weight excluding hydrogens is 596 g/mol. The first-order valence-electron chi connectivity index (χ1n) is 16.7. The molecule has 4 aromatic rings. The van der Waals surface area contributed by atoms with E-state index >= 15 is 0 Å². The molecule has 0 atom stereocenters. The zero-order valence-electron chi connectivity index (χ0n) is 29.8. The molecule has 0 aliphatic rings. The van der Waals surface area contributed by atoms with Crippen molar-refractivity contribution in [3.8, 4) is 0 Å². The topological polar surface area (TPSA) is 159 Å². The fraction of sp³-hybridized carbons (Fsp3) is 0.368. The largest absolute Gasteiger partial charge is 0.399 e. The molecule has 12 N–H and O–H groups in total. The van der Waals surface area contributed by atoms with Crippen LogP contribution >= 0.6 is 0 Å². The maximum atomic E-state index is 5.84. The third-order valence-electron chi connectivity index (χ3n) is 8.30. The molecule has 10 nitrogen and oxygen atoms in total. The molecule has 0 aromatic heterocycles. The summed E-state index contributed by atoms with van der Waals surface area (Å²) in [5.41, 5.74) is 35.6. The summed E-state index contributed by atoms with van der Waals surface area (Å²) in [6.07, 6.45) is 0. The number of likely N-dealkylation sites (N-methyl/N-ethyl adjacent to an activating group) is 2. The fourth-order valence-corrected chi connectivity index (χ4v) is 5.11. The number of hydrogen-bond donors (Lipinski definition) is 8. The molecule has 260 valence electrons. The lowest BCUT2D eigenvalue weighted by Gasteiger charge is -2.19. The Balaban J connectivity index is 0.000000260. The Morgan fingerprint density at radius 3 is 1.12 bits per heavy atom. The Morgan fingerprint density at radius 1 is 0.438 bits per heavy atom. The molecule has 10 heteroatoms. The smallest absolute Gasteiger partial charge is 0.0371 e. The van der Waals surface area contributed by atoms with E-state index in [9.17, 15) is 0 Å². The Labute approximate surface area is 288 Å². The minimum Gasteiger partial charge on any atom is -0.399 e. The van der Waals surface area contributed by atoms with Crippen molar-refractivity contribution in [1.29, 1.82) is 0 Å². The summed E-state index contributed by atoms with van der Waals surface area (Å²) in [4.78, 5) is 4.60. The average molecular weight is 655 g/mol. The van der Waals surface area contributed by atoms with E-state index in [-0.39, 0.29) is 0 Å². The first kappa shape index (κ1) is 37.7. The first-order chi connectivity index (χ1) is 22.9. The lowest BCUT2D eigenvalue weighted by Crippen LogP contribution is -2.30. The maximum Gasteiger partial charge on any atom is 0.0371 e. The first-order valence-corrected chi connectivity index (χ1v) is 16.7. The molecule has 0 bridgehead atoms. The summed E-state index contributed by atoms with van der Waals surface area (Å²) in [5, 5.41) is 13.8. The van der Waals surface area contributed by atoms with Gasteiger partial charge in [0.1, 0.15) is 0 Å². The van der Waals surface area contributed by atoms with Crippen molar-refractivity contribution >= 4 is 45.5 Å². The van der Waals surface area contributed by atoms with Gasteiger partial charge in [-0.05, 0) is 137 Å². The molecule has 0 radical (unpaired) electrons. The van der Waals surface area contributed by atoms with Crippen LogP contribution in [0.5, 0.6) is 0 Å². The molecule has 0 unspecified atom stereocenters. The molecular formula is C38H58N10. The third kappa shape index (κ3) is 13.1. The molecule has 0 heterocycles. The number of nitrogens with two attached hydrogens (primary N) is 4. The van der Waals surface area contributed by atoms with Gasteiger partial charge in [0.05, 0.1) is 0 Å². The minimum absolute atomic E-state index is 0.805. The van der Waals surface area contributed by atoms with Gasteiger partial charge in [0.2, 0.25) is 0 Å². The molecule has 0 aliphatic carbocycles. The Bertz CT molecular complexity index is 1460. The second kappa shape index (κ2) is 19.1. The number of anilines is 8. The van der Waals surface area contributed by atoms with Crippen molar-refractivity contribution in [1.82, 2.24) is 9.80 Å². The van der Waals surface area contributed by atoms with E-state index in [0.717, 1.165) is 109 Å². The van der Waals surface area contributed by atoms with E-state index in [1.54, 1.807) is 0 Å². The van der Waals surface area contributed by atoms with Crippen LogP contribution in [-0.2, 0) is 0 Å². The maximum absolute atomic E-state index is 5.84. The Morgan fingerprint density at radius 2 is 0.792 bits per heavy atom. The van der Waals surface area contributed by atoms with Crippen molar-refractivity contribution in [2.45, 2.75) is 27.7 Å². The summed E-state index contributed by atoms with van der Waals surface area (Å²) < 4.78 is 0. The SMILES string of the molecule is Cc1cc(N)ccc1NCCN(C)CCNc1ccc(N)cc1C.Cc1cc(NCCN(C)CCNc2ccc(N)c(C)c2)ccc1N. The highest BCUT2D eigenvalue weighted by Crippen LogP contribution is 2.19. The minimum atomic E-state index is 0.805. The van der Waals surface area contributed by atoms with Crippen LogP contribution in [0.25, 0.3) is 0 Å². The molecule has 0 saturated carbocycles. The number of nitrogens with one attached hydrogen (secondary N) is 4. The molecule has 4 rings (SSSR count). The van der Waals surface area contributed by atoms with Gasteiger partial charge in [-0.25, -0.2) is 0 Å². The zero-order valence-corrected chi connectivity index (χ0v) is 29.8. The van der Waals surface area contributed by atoms with E-state index in [2.05, 4.69) is 71.1 Å². The van der Waals surface area contributed by atoms with Crippen LogP contribution in [0.3, 0.4) is 0 Å². The van der Waals surface area contributed by atoms with Gasteiger partial charge in [-0.15, -0.1) is 0 Å². The van der Waals surface area contributed by atoms with Crippen LogP contribution in [-0.4, -0.2) is 76.3 Å². The summed E-state index contributed by atoms with van der Waals surface area (Å²) in [6, 6.07) is 24.0. The number of benzene rings is 4. The predicted octanol–water partition coefficient (Wildman–Crippen LogP) is 5.85. The highest BCUT2D eigenvalue weighted by Gasteiger charge is 2.04. The summed E-state index contributed by atoms with van der Waals surface area (Å²) in [6.45, 7) is 15.7. The van der Waals surface area contributed by atoms with Crippen molar-refractivity contribution in [2.75, 3.05) is 111 Å². The van der Waals surface area contributed by atoms with Gasteiger partial charge in [-0.1, -0.05) is 0 Å². The van der Waals surface area contributed by atoms with Gasteiger partial charge in [0.15, 0.2) is 0 Å². The van der Waals surface area contributed by atoms with Gasteiger partial charge in [-0.2, -0.15) is 0 Å². The zero-order chi connectivity index (χ0) is 35.1. The Kier molecular flexibility index (Phi) is 15.0. The van der Waals surface area contributed by atoms with Gasteiger partial charge in [-0.3, -0.25) is 0 Å². The lowest BCUT2D eigenvalue weighted by atomic mass is 10.2. The second-order valence-electron chi connectivity index (χ2n) is 12.6. The fourth-order valence-electron chi connectivity index (χ4n) is 5.11. The monoisotopic (exact) mass is 654 g/mol. The quantitative estimate of drug-likeness (QED) is 0.0690. The average Bonchev–Trinajstić information content (AvgIpc) is 3.03. The van der Waals surface area contributed by atoms with Gasteiger partial charge >= 0.3 is 0 Å². The second-order valence-corrected chi connectivity index (χ2v) is 12.6. The van der Waals surface area contributed by atoms with Crippen LogP contribution < -0.4 is 44.2 Å². The summed E-state index contributed by atoms with van der Waals surface area (Å²) >= 11 is 0. The van der Waals surface area contributed by atoms with Crippen molar-refractivity contribution in [3.05, 3.63) is 95.1 Å². The van der Waals surface area contributed by atoms with Crippen LogP contribution in [0.15, 0.2) is 72.8 Å². The standard InChI is InChI=1S/2C19H29N5/c1-14-12-16(4-6-18(14)20)22-8-10-24(3)11-9-23-17-5-7-19(21)15(2)13-17;1-14-12-16(20)4-6-18(14)22-8-10-24(3)11-9-23-19-7-5-17(21)13-15(19)2/h2*4-7,12-13,22-23H,8-11,20-21H2,1-3H3. The number of rotatable bonds is 16. The van der Waals surface area contributed by atoms with E-state index in [1.807, 2.05) is 74.5 Å². The van der Waals surface area contributed by atoms with Crippen molar-refractivity contribution in [3.63, 3.8) is 0 Å². The van der Waals surface area contributed by atoms with Gasteiger partial charge < -0.3 is 54.0 Å². The van der Waals surface area contributed by atoms with E-state index in [1.165, 1.54) is 11.1 Å². The van der Waals surface area contributed by atoms with Gasteiger partial charge in [0, 0.05) is 97.9 Å². The van der Waals surface area contributed by atoms with E-state index in [0.29, 0.717) is 0 Å². The highest BCUT2D eigenvalue weighted by atomic mass is 15.1. The number of nitrogens with zero attached hydrogens (tertiary/aromatic N) is 2. The molecule has 48 heavy (non-hydrogen) atoms. The normalized spacial score (nSPS) is 10.8. The van der Waals surface area contributed by atoms with Crippen LogP contribution in [0, 0.1) is 27.7 Å². The van der Waals surface area contributed by atoms with Crippen LogP contribution in [0.1, 0.15) is 22.3 Å². The molecule has 0 fully saturated rings. The number of hydrogen-bond acceptors (Lipinski definition) is 10. The predicted molar refractivity (Wildman–Crippen MR) is 211 cm³/mol. The van der Waals surface area contributed by atoms with Crippen molar-refractivity contribution < 1.29 is 0 Å². The third-order valence-corrected chi connectivity index (χ3v) is 8.30. The van der Waals surface area contributed by atoms with Crippen LogP contribution in [0.4, 0.5) is 45.5 Å². The molecule has 4 aromatic carbocycles. The lowest BCUT2D eigenvalue weighted by molar-refractivity contribution is 0.361. The molecule has 0 saturated heterocycles. The van der Waals surface area contributed by atoms with E-state index in [4.69, 9.17) is 22.9 Å². The van der Waals surface area contributed by atoms with Gasteiger partial charge in [0.25, 0.3) is 0 Å². The number of nitrogen functional groups attached to an aromatic ring is 4. The van der Waals surface area contributed by atoms with Crippen molar-refractivity contribution in [2.24, 2.45) is 0 Å². The van der Waals surface area contributed by atoms with Crippen LogP contribution in [0.2, 0.25) is 0 Å². The summed E-state index contributed by atoms with van der Waals surface area (Å²) in [5.74, 6) is 0. The molecule has 0 amide bonds. The molecule has 0 aliphatic heterocycles. The summed E-state index contributed by atoms with van der Waals surface area (Å²) in [7, 11) is 4.26. The highest BCUT2D eigenvalue weighted by molar-refractivity contribution is 5.59. The van der Waals surface area contributed by atoms with E-state index < -0.39 is 0 Å².